The van der Waals surface area contributed by atoms with E-state index in [9.17, 15) is 4.79 Å². The summed E-state index contributed by atoms with van der Waals surface area (Å²) in [7, 11) is 0. The van der Waals surface area contributed by atoms with Crippen molar-refractivity contribution in [3.05, 3.63) is 65.3 Å². The van der Waals surface area contributed by atoms with E-state index in [2.05, 4.69) is 34.6 Å². The maximum Gasteiger partial charge on any atom is 0.306 e. The van der Waals surface area contributed by atoms with Crippen molar-refractivity contribution < 1.29 is 13.9 Å². The first-order valence-electron chi connectivity index (χ1n) is 10.8. The Morgan fingerprint density at radius 3 is 2.65 bits per heavy atom. The number of hydrogen-bond donors (Lipinski definition) is 1. The van der Waals surface area contributed by atoms with Gasteiger partial charge >= 0.3 is 5.97 Å². The Bertz CT molecular complexity index is 1010. The second-order valence-corrected chi connectivity index (χ2v) is 8.45. The SMILES string of the molecule is CCOC(=O)CC1CCC(c2ccc(-c3cnc(Nc4cccc(Cl)c4)o3)cc2)CC1. The number of halogens is 1. The minimum absolute atomic E-state index is 0.0634. The van der Waals surface area contributed by atoms with Crippen LogP contribution in [0.2, 0.25) is 5.02 Å². The van der Waals surface area contributed by atoms with Crippen molar-refractivity contribution in [3.63, 3.8) is 0 Å². The van der Waals surface area contributed by atoms with E-state index in [1.165, 1.54) is 5.56 Å². The Morgan fingerprint density at radius 2 is 1.94 bits per heavy atom. The normalized spacial score (nSPS) is 18.5. The summed E-state index contributed by atoms with van der Waals surface area (Å²) in [5.41, 5.74) is 3.16. The standard InChI is InChI=1S/C25H27ClN2O3/c1-2-30-24(29)14-17-6-8-18(9-7-17)19-10-12-20(13-11-19)23-16-27-25(31-23)28-22-5-3-4-21(26)15-22/h3-5,10-13,15-18H,2,6-9,14H2,1H3,(H,27,28). The highest BCUT2D eigenvalue weighted by molar-refractivity contribution is 6.30. The number of anilines is 2. The van der Waals surface area contributed by atoms with Crippen LogP contribution in [0.3, 0.4) is 0 Å². The van der Waals surface area contributed by atoms with E-state index < -0.39 is 0 Å². The van der Waals surface area contributed by atoms with Crippen LogP contribution in [-0.2, 0) is 9.53 Å². The van der Waals surface area contributed by atoms with Gasteiger partial charge in [0, 0.05) is 22.7 Å². The predicted octanol–water partition coefficient (Wildman–Crippen LogP) is 6.97. The summed E-state index contributed by atoms with van der Waals surface area (Å²) in [5, 5.41) is 3.78. The van der Waals surface area contributed by atoms with Crippen molar-refractivity contribution in [1.82, 2.24) is 4.98 Å². The summed E-state index contributed by atoms with van der Waals surface area (Å²) in [5.74, 6) is 1.65. The molecule has 6 heteroatoms. The van der Waals surface area contributed by atoms with E-state index in [0.29, 0.717) is 41.7 Å². The molecule has 0 atom stereocenters. The first kappa shape index (κ1) is 21.4. The lowest BCUT2D eigenvalue weighted by Gasteiger charge is -2.28. The summed E-state index contributed by atoms with van der Waals surface area (Å²) in [4.78, 5) is 16.0. The van der Waals surface area contributed by atoms with Gasteiger partial charge in [0.25, 0.3) is 6.01 Å². The molecule has 2 aromatic carbocycles. The predicted molar refractivity (Wildman–Crippen MR) is 123 cm³/mol. The summed E-state index contributed by atoms with van der Waals surface area (Å²) in [6, 6.07) is 16.4. The fraction of sp³-hybridized carbons (Fsp3) is 0.360. The zero-order chi connectivity index (χ0) is 21.6. The van der Waals surface area contributed by atoms with Crippen molar-refractivity contribution in [3.8, 4) is 11.3 Å². The van der Waals surface area contributed by atoms with E-state index in [1.54, 1.807) is 6.20 Å². The van der Waals surface area contributed by atoms with Gasteiger partial charge in [-0.05, 0) is 68.2 Å². The number of hydrogen-bond acceptors (Lipinski definition) is 5. The molecule has 0 unspecified atom stereocenters. The van der Waals surface area contributed by atoms with Gasteiger partial charge in [-0.2, -0.15) is 0 Å². The monoisotopic (exact) mass is 438 g/mol. The van der Waals surface area contributed by atoms with Crippen molar-refractivity contribution in [2.24, 2.45) is 5.92 Å². The molecule has 0 bridgehead atoms. The molecule has 5 nitrogen and oxygen atoms in total. The summed E-state index contributed by atoms with van der Waals surface area (Å²) in [6.07, 6.45) is 6.65. The molecule has 0 radical (unpaired) electrons. The molecule has 1 saturated carbocycles. The zero-order valence-electron chi connectivity index (χ0n) is 17.6. The van der Waals surface area contributed by atoms with Crippen LogP contribution in [0.5, 0.6) is 0 Å². The molecule has 1 N–H and O–H groups in total. The van der Waals surface area contributed by atoms with Gasteiger partial charge in [-0.25, -0.2) is 4.98 Å². The molecule has 0 saturated heterocycles. The number of carbonyl (C=O) groups excluding carboxylic acids is 1. The van der Waals surface area contributed by atoms with E-state index in [-0.39, 0.29) is 5.97 Å². The van der Waals surface area contributed by atoms with Crippen LogP contribution in [0.4, 0.5) is 11.7 Å². The molecule has 1 aliphatic carbocycles. The average molecular weight is 439 g/mol. The highest BCUT2D eigenvalue weighted by Crippen LogP contribution is 2.38. The van der Waals surface area contributed by atoms with Crippen LogP contribution >= 0.6 is 11.6 Å². The largest absolute Gasteiger partial charge is 0.466 e. The Hall–Kier alpha value is -2.79. The first-order valence-corrected chi connectivity index (χ1v) is 11.2. The summed E-state index contributed by atoms with van der Waals surface area (Å²) in [6.45, 7) is 2.32. The number of carbonyl (C=O) groups is 1. The van der Waals surface area contributed by atoms with E-state index in [4.69, 9.17) is 20.8 Å². The van der Waals surface area contributed by atoms with Crippen LogP contribution in [-0.4, -0.2) is 17.6 Å². The van der Waals surface area contributed by atoms with E-state index in [1.807, 2.05) is 31.2 Å². The Labute approximate surface area is 187 Å². The van der Waals surface area contributed by atoms with Crippen LogP contribution in [0, 0.1) is 5.92 Å². The lowest BCUT2D eigenvalue weighted by molar-refractivity contribution is -0.144. The third-order valence-electron chi connectivity index (χ3n) is 5.86. The molecule has 1 aromatic heterocycles. The van der Waals surface area contributed by atoms with Crippen LogP contribution in [0.1, 0.15) is 50.5 Å². The molecule has 31 heavy (non-hydrogen) atoms. The average Bonchev–Trinajstić information content (AvgIpc) is 3.23. The van der Waals surface area contributed by atoms with E-state index in [0.717, 1.165) is 36.9 Å². The number of rotatable bonds is 7. The summed E-state index contributed by atoms with van der Waals surface area (Å²) < 4.78 is 10.9. The lowest BCUT2D eigenvalue weighted by atomic mass is 9.77. The van der Waals surface area contributed by atoms with Crippen molar-refractivity contribution >= 4 is 29.3 Å². The third kappa shape index (κ3) is 5.67. The first-order chi connectivity index (χ1) is 15.1. The molecule has 1 aliphatic rings. The van der Waals surface area contributed by atoms with Gasteiger partial charge in [-0.15, -0.1) is 0 Å². The van der Waals surface area contributed by atoms with Gasteiger partial charge in [-0.3, -0.25) is 4.79 Å². The van der Waals surface area contributed by atoms with Crippen molar-refractivity contribution in [2.45, 2.75) is 44.9 Å². The van der Waals surface area contributed by atoms with Gasteiger partial charge in [0.1, 0.15) is 0 Å². The Morgan fingerprint density at radius 1 is 1.16 bits per heavy atom. The van der Waals surface area contributed by atoms with Crippen molar-refractivity contribution in [1.29, 1.82) is 0 Å². The maximum atomic E-state index is 11.7. The number of esters is 1. The van der Waals surface area contributed by atoms with Gasteiger partial charge in [-0.1, -0.05) is 41.9 Å². The van der Waals surface area contributed by atoms with Crippen LogP contribution in [0.25, 0.3) is 11.3 Å². The van der Waals surface area contributed by atoms with Gasteiger partial charge in [0.05, 0.1) is 12.8 Å². The zero-order valence-corrected chi connectivity index (χ0v) is 18.4. The smallest absolute Gasteiger partial charge is 0.306 e. The second kappa shape index (κ2) is 10.0. The highest BCUT2D eigenvalue weighted by atomic mass is 35.5. The van der Waals surface area contributed by atoms with Crippen LogP contribution in [0.15, 0.2) is 59.1 Å². The molecular formula is C25H27ClN2O3. The van der Waals surface area contributed by atoms with E-state index >= 15 is 0 Å². The number of aromatic nitrogens is 1. The highest BCUT2D eigenvalue weighted by Gasteiger charge is 2.24. The molecule has 162 valence electrons. The maximum absolute atomic E-state index is 11.7. The minimum Gasteiger partial charge on any atom is -0.466 e. The number of benzene rings is 2. The molecular weight excluding hydrogens is 412 g/mol. The number of oxazole rings is 1. The molecule has 1 fully saturated rings. The lowest BCUT2D eigenvalue weighted by Crippen LogP contribution is -2.17. The summed E-state index contributed by atoms with van der Waals surface area (Å²) >= 11 is 6.02. The fourth-order valence-corrected chi connectivity index (χ4v) is 4.42. The number of ether oxygens (including phenoxy) is 1. The molecule has 1 heterocycles. The number of nitrogens with zero attached hydrogens (tertiary/aromatic N) is 1. The van der Waals surface area contributed by atoms with Gasteiger partial charge in [0.15, 0.2) is 5.76 Å². The van der Waals surface area contributed by atoms with Crippen molar-refractivity contribution in [2.75, 3.05) is 11.9 Å². The minimum atomic E-state index is -0.0634. The fourth-order valence-electron chi connectivity index (χ4n) is 4.23. The molecule has 4 rings (SSSR count). The molecule has 0 aliphatic heterocycles. The van der Waals surface area contributed by atoms with Gasteiger partial charge in [0.2, 0.25) is 0 Å². The quantitative estimate of drug-likeness (QED) is 0.403. The Kier molecular flexibility index (Phi) is 6.92. The number of nitrogens with one attached hydrogen (secondary N) is 1. The Balaban J connectivity index is 1.34. The topological polar surface area (TPSA) is 64.4 Å². The van der Waals surface area contributed by atoms with Crippen LogP contribution < -0.4 is 5.32 Å². The molecule has 0 spiro atoms. The second-order valence-electron chi connectivity index (χ2n) is 8.01. The van der Waals surface area contributed by atoms with Gasteiger partial charge < -0.3 is 14.5 Å². The third-order valence-corrected chi connectivity index (χ3v) is 6.09. The molecule has 3 aromatic rings. The molecule has 0 amide bonds.